The van der Waals surface area contributed by atoms with Crippen LogP contribution in [-0.4, -0.2) is 10.9 Å². The molecule has 112 valence electrons. The van der Waals surface area contributed by atoms with Gasteiger partial charge >= 0.3 is 0 Å². The van der Waals surface area contributed by atoms with Gasteiger partial charge in [-0.1, -0.05) is 17.4 Å². The van der Waals surface area contributed by atoms with E-state index in [1.165, 1.54) is 11.3 Å². The molecule has 3 aromatic rings. The maximum atomic E-state index is 13.6. The zero-order valence-electron chi connectivity index (χ0n) is 11.9. The second-order valence-electron chi connectivity index (χ2n) is 4.95. The summed E-state index contributed by atoms with van der Waals surface area (Å²) < 4.78 is 27.7. The molecule has 0 saturated heterocycles. The maximum Gasteiger partial charge on any atom is 0.260 e. The van der Waals surface area contributed by atoms with Gasteiger partial charge in [-0.25, -0.2) is 13.8 Å². The summed E-state index contributed by atoms with van der Waals surface area (Å²) in [5.41, 5.74) is 2.60. The SMILES string of the molecule is Cc1ccc2sc(NC(=O)c3cc(F)ccc3F)nc2c1C. The van der Waals surface area contributed by atoms with Crippen LogP contribution >= 0.6 is 11.3 Å². The molecule has 0 radical (unpaired) electrons. The van der Waals surface area contributed by atoms with Crippen molar-refractivity contribution in [3.05, 3.63) is 58.7 Å². The topological polar surface area (TPSA) is 42.0 Å². The monoisotopic (exact) mass is 318 g/mol. The second-order valence-corrected chi connectivity index (χ2v) is 5.98. The number of thiazole rings is 1. The Bertz CT molecular complexity index is 889. The van der Waals surface area contributed by atoms with E-state index in [2.05, 4.69) is 10.3 Å². The molecule has 0 aliphatic rings. The number of aromatic nitrogens is 1. The maximum absolute atomic E-state index is 13.6. The number of hydrogen-bond donors (Lipinski definition) is 1. The first-order valence-electron chi connectivity index (χ1n) is 6.59. The van der Waals surface area contributed by atoms with Gasteiger partial charge in [-0.15, -0.1) is 0 Å². The van der Waals surface area contributed by atoms with Crippen LogP contribution in [0.3, 0.4) is 0 Å². The van der Waals surface area contributed by atoms with Crippen molar-refractivity contribution in [1.29, 1.82) is 0 Å². The van der Waals surface area contributed by atoms with E-state index in [0.29, 0.717) is 5.13 Å². The van der Waals surface area contributed by atoms with Gasteiger partial charge in [-0.2, -0.15) is 0 Å². The quantitative estimate of drug-likeness (QED) is 0.759. The van der Waals surface area contributed by atoms with Crippen molar-refractivity contribution < 1.29 is 13.6 Å². The lowest BCUT2D eigenvalue weighted by molar-refractivity contribution is 0.102. The molecule has 3 nitrogen and oxygen atoms in total. The molecule has 0 unspecified atom stereocenters. The summed E-state index contributed by atoms with van der Waals surface area (Å²) in [7, 11) is 0. The van der Waals surface area contributed by atoms with Crippen molar-refractivity contribution >= 4 is 32.6 Å². The molecule has 0 fully saturated rings. The van der Waals surface area contributed by atoms with Crippen molar-refractivity contribution in [2.24, 2.45) is 0 Å². The van der Waals surface area contributed by atoms with Gasteiger partial charge in [0.2, 0.25) is 0 Å². The highest BCUT2D eigenvalue weighted by molar-refractivity contribution is 7.22. The third-order valence-electron chi connectivity index (χ3n) is 3.48. The number of rotatable bonds is 2. The molecule has 0 spiro atoms. The van der Waals surface area contributed by atoms with Crippen LogP contribution in [0.25, 0.3) is 10.2 Å². The fraction of sp³-hybridized carbons (Fsp3) is 0.125. The summed E-state index contributed by atoms with van der Waals surface area (Å²) in [5.74, 6) is -2.15. The molecule has 1 amide bonds. The van der Waals surface area contributed by atoms with Crippen molar-refractivity contribution in [3.63, 3.8) is 0 Å². The molecule has 3 rings (SSSR count). The van der Waals surface area contributed by atoms with Crippen LogP contribution in [0.2, 0.25) is 0 Å². The second kappa shape index (κ2) is 5.46. The molecule has 0 aliphatic carbocycles. The third kappa shape index (κ3) is 2.57. The largest absolute Gasteiger partial charge is 0.298 e. The van der Waals surface area contributed by atoms with E-state index >= 15 is 0 Å². The van der Waals surface area contributed by atoms with Gasteiger partial charge in [0.15, 0.2) is 5.13 Å². The lowest BCUT2D eigenvalue weighted by atomic mass is 10.1. The average Bonchev–Trinajstić information content (AvgIpc) is 2.89. The summed E-state index contributed by atoms with van der Waals surface area (Å²) in [6.45, 7) is 3.93. The standard InChI is InChI=1S/C16H12F2N2OS/c1-8-3-6-13-14(9(8)2)19-16(22-13)20-15(21)11-7-10(17)4-5-12(11)18/h3-7H,1-2H3,(H,19,20,21). The molecule has 1 heterocycles. The van der Waals surface area contributed by atoms with E-state index in [0.717, 1.165) is 39.5 Å². The lowest BCUT2D eigenvalue weighted by Crippen LogP contribution is -2.13. The molecule has 22 heavy (non-hydrogen) atoms. The predicted octanol–water partition coefficient (Wildman–Crippen LogP) is 4.44. The molecule has 0 atom stereocenters. The van der Waals surface area contributed by atoms with E-state index in [1.807, 2.05) is 26.0 Å². The highest BCUT2D eigenvalue weighted by Gasteiger charge is 2.15. The number of nitrogens with one attached hydrogen (secondary N) is 1. The van der Waals surface area contributed by atoms with Crippen LogP contribution in [0.1, 0.15) is 21.5 Å². The minimum Gasteiger partial charge on any atom is -0.298 e. The Kier molecular flexibility index (Phi) is 3.62. The number of halogens is 2. The van der Waals surface area contributed by atoms with Crippen LogP contribution in [0, 0.1) is 25.5 Å². The van der Waals surface area contributed by atoms with Gasteiger partial charge < -0.3 is 0 Å². The Morgan fingerprint density at radius 1 is 1.18 bits per heavy atom. The van der Waals surface area contributed by atoms with Crippen LogP contribution in [0.15, 0.2) is 30.3 Å². The highest BCUT2D eigenvalue weighted by Crippen LogP contribution is 2.30. The first-order chi connectivity index (χ1) is 10.5. The van der Waals surface area contributed by atoms with Crippen LogP contribution < -0.4 is 5.32 Å². The van der Waals surface area contributed by atoms with Gasteiger partial charge in [-0.05, 0) is 49.2 Å². The van der Waals surface area contributed by atoms with Gasteiger partial charge in [0, 0.05) is 0 Å². The number of fused-ring (bicyclic) bond motifs is 1. The minimum atomic E-state index is -0.771. The zero-order chi connectivity index (χ0) is 15.9. The number of hydrogen-bond acceptors (Lipinski definition) is 3. The van der Waals surface area contributed by atoms with Gasteiger partial charge in [-0.3, -0.25) is 10.1 Å². The molecular weight excluding hydrogens is 306 g/mol. The van der Waals surface area contributed by atoms with Crippen molar-refractivity contribution in [3.8, 4) is 0 Å². The Hall–Kier alpha value is -2.34. The fourth-order valence-electron chi connectivity index (χ4n) is 2.12. The number of benzene rings is 2. The molecule has 2 aromatic carbocycles. The van der Waals surface area contributed by atoms with E-state index in [4.69, 9.17) is 0 Å². The Morgan fingerprint density at radius 3 is 2.73 bits per heavy atom. The average molecular weight is 318 g/mol. The summed E-state index contributed by atoms with van der Waals surface area (Å²) in [6.07, 6.45) is 0. The number of nitrogens with zero attached hydrogens (tertiary/aromatic N) is 1. The van der Waals surface area contributed by atoms with Crippen LogP contribution in [-0.2, 0) is 0 Å². The first kappa shape index (κ1) is 14.6. The van der Waals surface area contributed by atoms with Crippen molar-refractivity contribution in [2.45, 2.75) is 13.8 Å². The third-order valence-corrected chi connectivity index (χ3v) is 4.41. The first-order valence-corrected chi connectivity index (χ1v) is 7.40. The Labute approximate surface area is 129 Å². The van der Waals surface area contributed by atoms with Gasteiger partial charge in [0.05, 0.1) is 15.8 Å². The number of carbonyl (C=O) groups excluding carboxylic acids is 1. The molecule has 1 aromatic heterocycles. The smallest absolute Gasteiger partial charge is 0.260 e. The summed E-state index contributed by atoms with van der Waals surface area (Å²) in [4.78, 5) is 16.4. The number of aryl methyl sites for hydroxylation is 2. The predicted molar refractivity (Wildman–Crippen MR) is 83.4 cm³/mol. The van der Waals surface area contributed by atoms with Gasteiger partial charge in [0.25, 0.3) is 5.91 Å². The molecule has 0 aliphatic heterocycles. The highest BCUT2D eigenvalue weighted by atomic mass is 32.1. The summed E-state index contributed by atoms with van der Waals surface area (Å²) in [5, 5.41) is 2.88. The zero-order valence-corrected chi connectivity index (χ0v) is 12.7. The van der Waals surface area contributed by atoms with E-state index in [-0.39, 0.29) is 5.56 Å². The molecule has 1 N–H and O–H groups in total. The Balaban J connectivity index is 1.94. The van der Waals surface area contributed by atoms with Crippen molar-refractivity contribution in [2.75, 3.05) is 5.32 Å². The Morgan fingerprint density at radius 2 is 1.95 bits per heavy atom. The van der Waals surface area contributed by atoms with E-state index < -0.39 is 17.5 Å². The van der Waals surface area contributed by atoms with E-state index in [9.17, 15) is 13.6 Å². The molecule has 0 bridgehead atoms. The van der Waals surface area contributed by atoms with Gasteiger partial charge in [0.1, 0.15) is 11.6 Å². The fourth-order valence-corrected chi connectivity index (χ4v) is 3.04. The molecule has 0 saturated carbocycles. The van der Waals surface area contributed by atoms with Crippen molar-refractivity contribution in [1.82, 2.24) is 4.98 Å². The summed E-state index contributed by atoms with van der Waals surface area (Å²) >= 11 is 1.29. The van der Waals surface area contributed by atoms with Crippen LogP contribution in [0.4, 0.5) is 13.9 Å². The minimum absolute atomic E-state index is 0.341. The number of carbonyl (C=O) groups is 1. The summed E-state index contributed by atoms with van der Waals surface area (Å²) in [6, 6.07) is 6.67. The van der Waals surface area contributed by atoms with Crippen LogP contribution in [0.5, 0.6) is 0 Å². The number of amides is 1. The number of anilines is 1. The molecule has 6 heteroatoms. The normalized spacial score (nSPS) is 10.9. The molecular formula is C16H12F2N2OS. The van der Waals surface area contributed by atoms with E-state index in [1.54, 1.807) is 0 Å². The lowest BCUT2D eigenvalue weighted by Gasteiger charge is -2.03.